The highest BCUT2D eigenvalue weighted by Gasteiger charge is 2.50. The normalized spacial score (nSPS) is 26.5. The molecule has 2 amide bonds. The molecule has 2 aromatic carbocycles. The van der Waals surface area contributed by atoms with Crippen molar-refractivity contribution in [1.29, 1.82) is 0 Å². The second-order valence-electron chi connectivity index (χ2n) is 8.85. The number of urea groups is 1. The molecule has 1 aromatic heterocycles. The standard InChI is InChI=1S/C24H27N5O/c1-28(2)24(19-6-4-3-5-7-19)12-10-23(11-13-24)16-29(22(30)27-23)20-8-9-21-18(14-20)15-25-17-26-21/h3-9,14-15,17H,10-13,16H2,1-2H3,(H,27,30)/t23-,24-. The molecule has 0 radical (unpaired) electrons. The molecular formula is C24H27N5O. The Labute approximate surface area is 176 Å². The highest BCUT2D eigenvalue weighted by Crippen LogP contribution is 2.46. The lowest BCUT2D eigenvalue weighted by molar-refractivity contribution is 0.0658. The number of amides is 2. The predicted octanol–water partition coefficient (Wildman–Crippen LogP) is 3.93. The van der Waals surface area contributed by atoms with E-state index in [9.17, 15) is 4.79 Å². The number of nitrogens with one attached hydrogen (secondary N) is 1. The van der Waals surface area contributed by atoms with Gasteiger partial charge in [0.2, 0.25) is 0 Å². The molecular weight excluding hydrogens is 374 g/mol. The second kappa shape index (κ2) is 7.06. The van der Waals surface area contributed by atoms with Crippen molar-refractivity contribution in [3.63, 3.8) is 0 Å². The van der Waals surface area contributed by atoms with Crippen molar-refractivity contribution in [3.8, 4) is 0 Å². The van der Waals surface area contributed by atoms with E-state index in [4.69, 9.17) is 0 Å². The first-order chi connectivity index (χ1) is 14.5. The van der Waals surface area contributed by atoms with Crippen LogP contribution in [0.1, 0.15) is 31.2 Å². The van der Waals surface area contributed by atoms with Gasteiger partial charge in [-0.05, 0) is 63.5 Å². The molecule has 5 rings (SSSR count). The third-order valence-corrected chi connectivity index (χ3v) is 7.08. The highest BCUT2D eigenvalue weighted by atomic mass is 16.2. The van der Waals surface area contributed by atoms with Gasteiger partial charge in [0, 0.05) is 22.8 Å². The molecule has 1 aliphatic heterocycles. The van der Waals surface area contributed by atoms with Gasteiger partial charge < -0.3 is 5.32 Å². The zero-order valence-corrected chi connectivity index (χ0v) is 17.5. The number of benzene rings is 2. The van der Waals surface area contributed by atoms with Gasteiger partial charge in [-0.25, -0.2) is 14.8 Å². The number of hydrogen-bond donors (Lipinski definition) is 1. The van der Waals surface area contributed by atoms with Crippen molar-refractivity contribution in [2.75, 3.05) is 25.5 Å². The van der Waals surface area contributed by atoms with Crippen molar-refractivity contribution in [1.82, 2.24) is 20.2 Å². The summed E-state index contributed by atoms with van der Waals surface area (Å²) in [6.45, 7) is 0.698. The smallest absolute Gasteiger partial charge is 0.322 e. The van der Waals surface area contributed by atoms with E-state index in [0.29, 0.717) is 6.54 Å². The monoisotopic (exact) mass is 401 g/mol. The topological polar surface area (TPSA) is 61.4 Å². The maximum atomic E-state index is 12.9. The average Bonchev–Trinajstić information content (AvgIpc) is 3.10. The van der Waals surface area contributed by atoms with Gasteiger partial charge in [0.05, 0.1) is 17.6 Å². The molecule has 1 spiro atoms. The molecule has 2 aliphatic rings. The lowest BCUT2D eigenvalue weighted by Gasteiger charge is -2.48. The number of anilines is 1. The van der Waals surface area contributed by atoms with Crippen molar-refractivity contribution in [3.05, 3.63) is 66.6 Å². The van der Waals surface area contributed by atoms with Gasteiger partial charge in [-0.3, -0.25) is 9.80 Å². The Kier molecular flexibility index (Phi) is 4.47. The summed E-state index contributed by atoms with van der Waals surface area (Å²) < 4.78 is 0. The van der Waals surface area contributed by atoms with Crippen LogP contribution >= 0.6 is 0 Å². The minimum absolute atomic E-state index is 0.0109. The first-order valence-corrected chi connectivity index (χ1v) is 10.5. The molecule has 6 heteroatoms. The van der Waals surface area contributed by atoms with Gasteiger partial charge in [0.25, 0.3) is 0 Å². The zero-order chi connectivity index (χ0) is 20.8. The number of hydrogen-bond acceptors (Lipinski definition) is 4. The first kappa shape index (κ1) is 19.0. The first-order valence-electron chi connectivity index (χ1n) is 10.5. The number of aromatic nitrogens is 2. The lowest BCUT2D eigenvalue weighted by Crippen LogP contribution is -2.54. The Bertz CT molecular complexity index is 1070. The summed E-state index contributed by atoms with van der Waals surface area (Å²) in [5.41, 5.74) is 3.00. The molecule has 2 heterocycles. The molecule has 2 fully saturated rings. The van der Waals surface area contributed by atoms with E-state index in [1.165, 1.54) is 5.56 Å². The van der Waals surface area contributed by atoms with Crippen LogP contribution in [0.15, 0.2) is 61.1 Å². The maximum Gasteiger partial charge on any atom is 0.322 e. The van der Waals surface area contributed by atoms with Gasteiger partial charge in [0.1, 0.15) is 6.33 Å². The minimum Gasteiger partial charge on any atom is -0.330 e. The molecule has 3 aromatic rings. The number of fused-ring (bicyclic) bond motifs is 1. The summed E-state index contributed by atoms with van der Waals surface area (Å²) in [6.07, 6.45) is 7.29. The molecule has 6 nitrogen and oxygen atoms in total. The predicted molar refractivity (Wildman–Crippen MR) is 118 cm³/mol. The van der Waals surface area contributed by atoms with Crippen molar-refractivity contribution < 1.29 is 4.79 Å². The fourth-order valence-corrected chi connectivity index (χ4v) is 5.22. The van der Waals surface area contributed by atoms with E-state index in [1.54, 1.807) is 12.5 Å². The summed E-state index contributed by atoms with van der Waals surface area (Å²) >= 11 is 0. The van der Waals surface area contributed by atoms with Crippen LogP contribution in [0.25, 0.3) is 10.9 Å². The Morgan fingerprint density at radius 3 is 2.53 bits per heavy atom. The van der Waals surface area contributed by atoms with Gasteiger partial charge in [0.15, 0.2) is 0 Å². The second-order valence-corrected chi connectivity index (χ2v) is 8.85. The third-order valence-electron chi connectivity index (χ3n) is 7.08. The molecule has 1 N–H and O–H groups in total. The largest absolute Gasteiger partial charge is 0.330 e. The number of carbonyl (C=O) groups is 1. The molecule has 154 valence electrons. The Morgan fingerprint density at radius 2 is 1.80 bits per heavy atom. The fourth-order valence-electron chi connectivity index (χ4n) is 5.22. The molecule has 1 saturated heterocycles. The number of rotatable bonds is 3. The van der Waals surface area contributed by atoms with Gasteiger partial charge >= 0.3 is 6.03 Å². The van der Waals surface area contributed by atoms with E-state index in [2.05, 4.69) is 64.6 Å². The van der Waals surface area contributed by atoms with Crippen LogP contribution in [-0.2, 0) is 5.54 Å². The van der Waals surface area contributed by atoms with Crippen LogP contribution in [0.2, 0.25) is 0 Å². The molecule has 0 bridgehead atoms. The van der Waals surface area contributed by atoms with Crippen molar-refractivity contribution in [2.45, 2.75) is 36.8 Å². The fraction of sp³-hybridized carbons (Fsp3) is 0.375. The van der Waals surface area contributed by atoms with Crippen LogP contribution in [0.5, 0.6) is 0 Å². The van der Waals surface area contributed by atoms with Crippen molar-refractivity contribution in [2.24, 2.45) is 0 Å². The van der Waals surface area contributed by atoms with Crippen LogP contribution in [0.4, 0.5) is 10.5 Å². The average molecular weight is 402 g/mol. The number of nitrogens with zero attached hydrogens (tertiary/aromatic N) is 4. The minimum atomic E-state index is -0.173. The van der Waals surface area contributed by atoms with Crippen LogP contribution < -0.4 is 10.2 Å². The van der Waals surface area contributed by atoms with Crippen molar-refractivity contribution >= 4 is 22.6 Å². The Morgan fingerprint density at radius 1 is 1.03 bits per heavy atom. The van der Waals surface area contributed by atoms with Crippen LogP contribution in [0.3, 0.4) is 0 Å². The molecule has 30 heavy (non-hydrogen) atoms. The van der Waals surface area contributed by atoms with Crippen LogP contribution in [-0.4, -0.2) is 47.1 Å². The Hall–Kier alpha value is -2.99. The van der Waals surface area contributed by atoms with Crippen LogP contribution in [0, 0.1) is 0 Å². The summed E-state index contributed by atoms with van der Waals surface area (Å²) in [4.78, 5) is 25.5. The molecule has 0 unspecified atom stereocenters. The van der Waals surface area contributed by atoms with E-state index in [0.717, 1.165) is 42.3 Å². The summed E-state index contributed by atoms with van der Waals surface area (Å²) in [5, 5.41) is 4.28. The summed E-state index contributed by atoms with van der Waals surface area (Å²) in [5.74, 6) is 0. The molecule has 1 aliphatic carbocycles. The maximum absolute atomic E-state index is 12.9. The molecule has 0 atom stereocenters. The zero-order valence-electron chi connectivity index (χ0n) is 17.5. The summed E-state index contributed by atoms with van der Waals surface area (Å²) in [7, 11) is 4.34. The third kappa shape index (κ3) is 3.03. The quantitative estimate of drug-likeness (QED) is 0.722. The van der Waals surface area contributed by atoms with Gasteiger partial charge in [-0.15, -0.1) is 0 Å². The molecule has 1 saturated carbocycles. The number of carbonyl (C=O) groups excluding carboxylic acids is 1. The van der Waals surface area contributed by atoms with Gasteiger partial charge in [-0.2, -0.15) is 0 Å². The van der Waals surface area contributed by atoms with E-state index in [-0.39, 0.29) is 17.1 Å². The Balaban J connectivity index is 1.39. The lowest BCUT2D eigenvalue weighted by atomic mass is 9.69. The van der Waals surface area contributed by atoms with E-state index in [1.807, 2.05) is 23.1 Å². The van der Waals surface area contributed by atoms with E-state index < -0.39 is 0 Å². The SMILES string of the molecule is CN(C)[C@]1(c2ccccc2)CC[C@@]2(CC1)CN(c1ccc3ncncc3c1)C(=O)N2. The highest BCUT2D eigenvalue weighted by molar-refractivity contribution is 5.97. The van der Waals surface area contributed by atoms with Gasteiger partial charge in [-0.1, -0.05) is 30.3 Å². The summed E-state index contributed by atoms with van der Waals surface area (Å²) in [6, 6.07) is 16.7. The van der Waals surface area contributed by atoms with E-state index >= 15 is 0 Å².